The number of fused-ring (bicyclic) bond motifs is 7. The van der Waals surface area contributed by atoms with E-state index < -0.39 is 96.9 Å². The molecule has 0 spiro atoms. The molecule has 5 aliphatic carbocycles. The average molecular weight is 795 g/mol. The maximum atomic E-state index is 13.3. The molecule has 7 aliphatic rings. The molecule has 56 heavy (non-hydrogen) atoms. The number of esters is 1. The molecule has 6 fully saturated rings. The van der Waals surface area contributed by atoms with Gasteiger partial charge in [-0.15, -0.1) is 0 Å². The standard InChI is InChI=1S/C42H66O14/c1-37(2)14-16-42(36(51)52)17-15-40(6)20(21(42)18-37)8-9-24-39(5)12-11-25(38(3,4)23(39)10-13-41(24,40)7)54-35-31(49)28(46)29(47)32(55-35)33(50)56-34-30(48)27(45)26(44)22(19-43)53-34/h8,21-32,34-35,43-49H,9-19H2,1-7H3,(H,51,52)/t21-,22+,23-,24+,25-,26+,27-,28-,29-,30+,31+,32-,34-,35+,39-,40+,41+,42-/m0/s1. The lowest BCUT2D eigenvalue weighted by Gasteiger charge is -2.71. The summed E-state index contributed by atoms with van der Waals surface area (Å²) in [6.07, 6.45) is -7.20. The van der Waals surface area contributed by atoms with E-state index in [0.29, 0.717) is 18.8 Å². The van der Waals surface area contributed by atoms with E-state index >= 15 is 0 Å². The molecule has 2 saturated heterocycles. The lowest BCUT2D eigenvalue weighted by atomic mass is 9.33. The molecule has 7 rings (SSSR count). The number of carboxylic acids is 1. The summed E-state index contributed by atoms with van der Waals surface area (Å²) in [5, 5.41) is 83.6. The fourth-order valence-corrected chi connectivity index (χ4v) is 13.5. The molecule has 18 atom stereocenters. The number of allylic oxidation sites excluding steroid dienone is 2. The second-order valence-electron chi connectivity index (χ2n) is 20.7. The predicted molar refractivity (Wildman–Crippen MR) is 198 cm³/mol. The van der Waals surface area contributed by atoms with Crippen LogP contribution in [-0.2, 0) is 28.5 Å². The molecular weight excluding hydrogens is 728 g/mol. The van der Waals surface area contributed by atoms with Crippen LogP contribution in [0.1, 0.15) is 113 Å². The van der Waals surface area contributed by atoms with Gasteiger partial charge in [-0.3, -0.25) is 4.79 Å². The zero-order chi connectivity index (χ0) is 41.1. The first-order chi connectivity index (χ1) is 26.0. The van der Waals surface area contributed by atoms with Gasteiger partial charge in [0.2, 0.25) is 6.29 Å². The molecule has 318 valence electrons. The van der Waals surface area contributed by atoms with E-state index in [4.69, 9.17) is 18.9 Å². The van der Waals surface area contributed by atoms with Crippen LogP contribution in [0, 0.1) is 50.2 Å². The Hall–Kier alpha value is -1.72. The molecule has 0 aromatic rings. The number of hydrogen-bond donors (Lipinski definition) is 8. The Morgan fingerprint density at radius 2 is 1.39 bits per heavy atom. The first-order valence-corrected chi connectivity index (χ1v) is 20.8. The Morgan fingerprint density at radius 3 is 2.05 bits per heavy atom. The number of hydrogen-bond acceptors (Lipinski definition) is 13. The van der Waals surface area contributed by atoms with Crippen molar-refractivity contribution in [2.45, 2.75) is 180 Å². The van der Waals surface area contributed by atoms with Crippen molar-refractivity contribution < 1.29 is 69.4 Å². The van der Waals surface area contributed by atoms with Crippen LogP contribution in [0.3, 0.4) is 0 Å². The van der Waals surface area contributed by atoms with Gasteiger partial charge in [0.1, 0.15) is 42.7 Å². The summed E-state index contributed by atoms with van der Waals surface area (Å²) in [6, 6.07) is 0. The van der Waals surface area contributed by atoms with Crippen molar-refractivity contribution in [3.8, 4) is 0 Å². The van der Waals surface area contributed by atoms with Crippen molar-refractivity contribution in [2.24, 2.45) is 50.2 Å². The van der Waals surface area contributed by atoms with Crippen molar-refractivity contribution >= 4 is 11.9 Å². The van der Waals surface area contributed by atoms with Crippen molar-refractivity contribution in [2.75, 3.05) is 6.61 Å². The summed E-state index contributed by atoms with van der Waals surface area (Å²) < 4.78 is 22.8. The van der Waals surface area contributed by atoms with E-state index in [1.54, 1.807) is 0 Å². The van der Waals surface area contributed by atoms with Crippen molar-refractivity contribution in [1.29, 1.82) is 0 Å². The molecule has 0 unspecified atom stereocenters. The molecule has 0 aromatic carbocycles. The normalized spacial score (nSPS) is 52.3. The van der Waals surface area contributed by atoms with Crippen LogP contribution in [0.25, 0.3) is 0 Å². The Kier molecular flexibility index (Phi) is 10.8. The number of ether oxygens (including phenoxy) is 4. The third kappa shape index (κ3) is 6.17. The van der Waals surface area contributed by atoms with Gasteiger partial charge in [0.25, 0.3) is 0 Å². The molecular formula is C42H66O14. The zero-order valence-electron chi connectivity index (χ0n) is 34.0. The number of aliphatic hydroxyl groups is 7. The summed E-state index contributed by atoms with van der Waals surface area (Å²) in [7, 11) is 0. The lowest BCUT2D eigenvalue weighted by molar-refractivity contribution is -0.332. The number of aliphatic hydroxyl groups excluding tert-OH is 7. The molecule has 0 amide bonds. The molecule has 0 radical (unpaired) electrons. The van der Waals surface area contributed by atoms with E-state index in [9.17, 15) is 50.4 Å². The van der Waals surface area contributed by atoms with Gasteiger partial charge in [-0.1, -0.05) is 60.1 Å². The van der Waals surface area contributed by atoms with E-state index in [1.807, 2.05) is 0 Å². The highest BCUT2D eigenvalue weighted by Gasteiger charge is 2.69. The first-order valence-electron chi connectivity index (χ1n) is 20.8. The molecule has 0 aromatic heterocycles. The van der Waals surface area contributed by atoms with Crippen molar-refractivity contribution in [3.63, 3.8) is 0 Å². The molecule has 0 bridgehead atoms. The second-order valence-corrected chi connectivity index (χ2v) is 20.7. The SMILES string of the molecule is CC1(C)CC[C@]2(C(=O)O)CC[C@]3(C)C(=CC[C@@H]4[C@@]5(C)CC[C@H](O[C@@H]6O[C@H](C(=O)O[C@@H]7O[C@H](CO)[C@@H](O)[C@H](O)[C@H]7O)[C@@H](O)[C@H](O)[C@H]6O)C(C)(C)[C@@H]5CC[C@]43C)[C@@H]2C1. The van der Waals surface area contributed by atoms with Crippen LogP contribution in [0.4, 0.5) is 0 Å². The van der Waals surface area contributed by atoms with Crippen LogP contribution in [0.2, 0.25) is 0 Å². The van der Waals surface area contributed by atoms with Crippen LogP contribution in [0.15, 0.2) is 11.6 Å². The summed E-state index contributed by atoms with van der Waals surface area (Å²) in [4.78, 5) is 26.4. The highest BCUT2D eigenvalue weighted by atomic mass is 16.7. The maximum absolute atomic E-state index is 13.3. The minimum absolute atomic E-state index is 0.0282. The quantitative estimate of drug-likeness (QED) is 0.110. The van der Waals surface area contributed by atoms with Gasteiger partial charge < -0.3 is 59.8 Å². The zero-order valence-corrected chi connectivity index (χ0v) is 34.0. The van der Waals surface area contributed by atoms with Crippen LogP contribution < -0.4 is 0 Å². The van der Waals surface area contributed by atoms with E-state index in [0.717, 1.165) is 51.4 Å². The molecule has 4 saturated carbocycles. The number of aliphatic carboxylic acids is 1. The van der Waals surface area contributed by atoms with Crippen LogP contribution in [-0.4, -0.2) is 127 Å². The number of carbonyl (C=O) groups excluding carboxylic acids is 1. The van der Waals surface area contributed by atoms with E-state index in [2.05, 4.69) is 54.5 Å². The van der Waals surface area contributed by atoms with Gasteiger partial charge in [-0.2, -0.15) is 0 Å². The Morgan fingerprint density at radius 1 is 0.750 bits per heavy atom. The van der Waals surface area contributed by atoms with Gasteiger partial charge >= 0.3 is 11.9 Å². The van der Waals surface area contributed by atoms with Crippen LogP contribution >= 0.6 is 0 Å². The summed E-state index contributed by atoms with van der Waals surface area (Å²) >= 11 is 0. The van der Waals surface area contributed by atoms with Crippen molar-refractivity contribution in [1.82, 2.24) is 0 Å². The molecule has 14 nitrogen and oxygen atoms in total. The van der Waals surface area contributed by atoms with Gasteiger partial charge in [0, 0.05) is 0 Å². The van der Waals surface area contributed by atoms with Gasteiger partial charge in [-0.25, -0.2) is 4.79 Å². The highest BCUT2D eigenvalue weighted by molar-refractivity contribution is 5.77. The number of rotatable bonds is 6. The summed E-state index contributed by atoms with van der Waals surface area (Å²) in [6.45, 7) is 15.4. The third-order valence-corrected chi connectivity index (χ3v) is 17.2. The fraction of sp³-hybridized carbons (Fsp3) is 0.905. The minimum Gasteiger partial charge on any atom is -0.481 e. The number of carboxylic acid groups (broad SMARTS) is 1. The highest BCUT2D eigenvalue weighted by Crippen LogP contribution is 2.76. The predicted octanol–water partition coefficient (Wildman–Crippen LogP) is 2.41. The van der Waals surface area contributed by atoms with Gasteiger partial charge in [0.05, 0.1) is 18.1 Å². The molecule has 14 heteroatoms. The fourth-order valence-electron chi connectivity index (χ4n) is 13.5. The van der Waals surface area contributed by atoms with Crippen LogP contribution in [0.5, 0.6) is 0 Å². The Labute approximate surface area is 329 Å². The molecule has 2 heterocycles. The monoisotopic (exact) mass is 794 g/mol. The largest absolute Gasteiger partial charge is 0.481 e. The first kappa shape index (κ1) is 42.4. The van der Waals surface area contributed by atoms with E-state index in [-0.39, 0.29) is 33.5 Å². The Bertz CT molecular complexity index is 1560. The van der Waals surface area contributed by atoms with Gasteiger partial charge in [-0.05, 0) is 109 Å². The summed E-state index contributed by atoms with van der Waals surface area (Å²) in [5.74, 6) is -1.35. The maximum Gasteiger partial charge on any atom is 0.340 e. The Balaban J connectivity index is 1.09. The van der Waals surface area contributed by atoms with E-state index in [1.165, 1.54) is 5.57 Å². The summed E-state index contributed by atoms with van der Waals surface area (Å²) in [5.41, 5.74) is 0.0426. The van der Waals surface area contributed by atoms with Gasteiger partial charge in [0.15, 0.2) is 12.4 Å². The molecule has 8 N–H and O–H groups in total. The second kappa shape index (κ2) is 14.2. The van der Waals surface area contributed by atoms with Crippen molar-refractivity contribution in [3.05, 3.63) is 11.6 Å². The third-order valence-electron chi connectivity index (χ3n) is 17.2. The minimum atomic E-state index is -1.94. The topological polar surface area (TPSA) is 233 Å². The smallest absolute Gasteiger partial charge is 0.340 e. The number of carbonyl (C=O) groups is 2. The lowest BCUT2D eigenvalue weighted by Crippen LogP contribution is -2.66. The average Bonchev–Trinajstić information content (AvgIpc) is 3.12. The molecule has 2 aliphatic heterocycles.